The lowest BCUT2D eigenvalue weighted by Crippen LogP contribution is -2.40. The molecule has 3 nitrogen and oxygen atoms in total. The summed E-state index contributed by atoms with van der Waals surface area (Å²) in [5.74, 6) is -0.0650. The topological polar surface area (TPSA) is 41.1 Å². The molecule has 0 fully saturated rings. The largest absolute Gasteiger partial charge is 0.362 e. The summed E-state index contributed by atoms with van der Waals surface area (Å²) in [6.45, 7) is 3.10. The molecule has 4 heteroatoms. The molecule has 0 heterocycles. The van der Waals surface area contributed by atoms with Crippen molar-refractivity contribution in [2.75, 3.05) is 6.54 Å². The van der Waals surface area contributed by atoms with Gasteiger partial charge in [0.25, 0.3) is 0 Å². The molecule has 0 aliphatic heterocycles. The Balaban J connectivity index is 1.43. The summed E-state index contributed by atoms with van der Waals surface area (Å²) in [5, 5.41) is 8.72. The van der Waals surface area contributed by atoms with Crippen LogP contribution < -0.4 is 10.6 Å². The smallest absolute Gasteiger partial charge is 0.230 e. The van der Waals surface area contributed by atoms with Gasteiger partial charge in [-0.15, -0.1) is 0 Å². The number of benzene rings is 2. The van der Waals surface area contributed by atoms with E-state index in [1.54, 1.807) is 0 Å². The lowest BCUT2D eigenvalue weighted by Gasteiger charge is -2.10. The zero-order valence-electron chi connectivity index (χ0n) is 20.7. The second kappa shape index (κ2) is 17.5. The lowest BCUT2D eigenvalue weighted by atomic mass is 10.0. The van der Waals surface area contributed by atoms with E-state index in [4.69, 9.17) is 12.2 Å². The van der Waals surface area contributed by atoms with Crippen molar-refractivity contribution in [3.05, 3.63) is 48.0 Å². The second-order valence-corrected chi connectivity index (χ2v) is 9.62. The summed E-state index contributed by atoms with van der Waals surface area (Å²) < 4.78 is 0. The zero-order chi connectivity index (χ0) is 23.6. The van der Waals surface area contributed by atoms with Crippen LogP contribution in [-0.2, 0) is 11.2 Å². The maximum Gasteiger partial charge on any atom is 0.230 e. The van der Waals surface area contributed by atoms with Gasteiger partial charge in [-0.25, -0.2) is 0 Å². The average Bonchev–Trinajstić information content (AvgIpc) is 2.81. The number of fused-ring (bicyclic) bond motifs is 1. The Morgan fingerprint density at radius 3 is 1.91 bits per heavy atom. The number of hydrogen-bond acceptors (Lipinski definition) is 2. The van der Waals surface area contributed by atoms with Crippen LogP contribution in [0.1, 0.15) is 102 Å². The molecule has 182 valence electrons. The molecule has 0 aliphatic carbocycles. The molecule has 2 aromatic rings. The van der Waals surface area contributed by atoms with Gasteiger partial charge in [-0.1, -0.05) is 133 Å². The third kappa shape index (κ3) is 12.2. The Kier molecular flexibility index (Phi) is 14.5. The zero-order valence-corrected chi connectivity index (χ0v) is 21.5. The third-order valence-corrected chi connectivity index (χ3v) is 6.55. The van der Waals surface area contributed by atoms with Crippen LogP contribution in [0.5, 0.6) is 0 Å². The molecule has 0 saturated heterocycles. The predicted octanol–water partition coefficient (Wildman–Crippen LogP) is 7.85. The highest BCUT2D eigenvalue weighted by molar-refractivity contribution is 7.80. The normalized spacial score (nSPS) is 10.9. The minimum absolute atomic E-state index is 0.0650. The molecule has 0 bridgehead atoms. The number of carbonyl (C=O) groups excluding carboxylic acids is 1. The van der Waals surface area contributed by atoms with Crippen molar-refractivity contribution in [3.8, 4) is 0 Å². The first-order chi connectivity index (χ1) is 16.2. The summed E-state index contributed by atoms with van der Waals surface area (Å²) in [6, 6.07) is 14.2. The van der Waals surface area contributed by atoms with E-state index in [2.05, 4.69) is 35.8 Å². The third-order valence-electron chi connectivity index (χ3n) is 6.30. The fourth-order valence-electron chi connectivity index (χ4n) is 4.36. The van der Waals surface area contributed by atoms with Crippen LogP contribution in [0.3, 0.4) is 0 Å². The van der Waals surface area contributed by atoms with Gasteiger partial charge in [0.2, 0.25) is 5.91 Å². The Morgan fingerprint density at radius 2 is 1.27 bits per heavy atom. The first-order valence-electron chi connectivity index (χ1n) is 13.2. The summed E-state index contributed by atoms with van der Waals surface area (Å²) in [7, 11) is 0. The number of nitrogens with one attached hydrogen (secondary N) is 2. The summed E-state index contributed by atoms with van der Waals surface area (Å²) in [6.07, 6.45) is 19.3. The van der Waals surface area contributed by atoms with Crippen LogP contribution in [0.2, 0.25) is 0 Å². The van der Waals surface area contributed by atoms with Gasteiger partial charge >= 0.3 is 0 Å². The maximum atomic E-state index is 12.4. The Labute approximate surface area is 207 Å². The van der Waals surface area contributed by atoms with E-state index < -0.39 is 0 Å². The van der Waals surface area contributed by atoms with Crippen LogP contribution >= 0.6 is 12.2 Å². The minimum atomic E-state index is -0.0650. The molecule has 2 aromatic carbocycles. The minimum Gasteiger partial charge on any atom is -0.362 e. The summed E-state index contributed by atoms with van der Waals surface area (Å²) in [4.78, 5) is 12.4. The van der Waals surface area contributed by atoms with E-state index in [1.807, 2.05) is 24.3 Å². The molecule has 0 spiro atoms. The number of unbranched alkanes of at least 4 members (excludes halogenated alkanes) is 13. The SMILES string of the molecule is CCCCCCCCCCCCCCCCNC(=S)NC(=O)Cc1cccc2ccccc12. The van der Waals surface area contributed by atoms with Gasteiger partial charge in [-0.05, 0) is 35.0 Å². The molecule has 0 saturated carbocycles. The van der Waals surface area contributed by atoms with Gasteiger partial charge in [-0.3, -0.25) is 4.79 Å². The van der Waals surface area contributed by atoms with Gasteiger partial charge in [-0.2, -0.15) is 0 Å². The highest BCUT2D eigenvalue weighted by Crippen LogP contribution is 2.19. The molecule has 0 atom stereocenters. The van der Waals surface area contributed by atoms with E-state index in [9.17, 15) is 4.79 Å². The van der Waals surface area contributed by atoms with Gasteiger partial charge in [0.1, 0.15) is 0 Å². The highest BCUT2D eigenvalue weighted by Gasteiger charge is 2.08. The molecule has 0 unspecified atom stereocenters. The molecule has 2 rings (SSSR count). The van der Waals surface area contributed by atoms with Crippen molar-refractivity contribution in [2.24, 2.45) is 0 Å². The van der Waals surface area contributed by atoms with Crippen molar-refractivity contribution in [2.45, 2.75) is 103 Å². The Bertz CT molecular complexity index is 815. The molecule has 0 aliphatic rings. The second-order valence-electron chi connectivity index (χ2n) is 9.22. The standard InChI is InChI=1S/C29H44N2OS/c1-2-3-4-5-6-7-8-9-10-11-12-13-14-17-23-30-29(33)31-28(32)24-26-21-18-20-25-19-15-16-22-27(25)26/h15-16,18-22H,2-14,17,23-24H2,1H3,(H2,30,31,32,33). The quantitative estimate of drug-likeness (QED) is 0.183. The van der Waals surface area contributed by atoms with E-state index >= 15 is 0 Å². The average molecular weight is 469 g/mol. The van der Waals surface area contributed by atoms with Crippen LogP contribution in [-0.4, -0.2) is 17.6 Å². The van der Waals surface area contributed by atoms with Gasteiger partial charge in [0.05, 0.1) is 6.42 Å². The monoisotopic (exact) mass is 468 g/mol. The van der Waals surface area contributed by atoms with Crippen molar-refractivity contribution in [3.63, 3.8) is 0 Å². The predicted molar refractivity (Wildman–Crippen MR) is 147 cm³/mol. The van der Waals surface area contributed by atoms with Crippen LogP contribution in [0, 0.1) is 0 Å². The van der Waals surface area contributed by atoms with E-state index in [0.29, 0.717) is 11.5 Å². The number of carbonyl (C=O) groups is 1. The molecular weight excluding hydrogens is 424 g/mol. The molecular formula is C29H44N2OS. The van der Waals surface area contributed by atoms with Gasteiger partial charge in [0.15, 0.2) is 5.11 Å². The van der Waals surface area contributed by atoms with Crippen molar-refractivity contribution in [1.29, 1.82) is 0 Å². The summed E-state index contributed by atoms with van der Waals surface area (Å²) in [5.41, 5.74) is 1.03. The number of amides is 1. The molecule has 0 aromatic heterocycles. The Morgan fingerprint density at radius 1 is 0.727 bits per heavy atom. The van der Waals surface area contributed by atoms with E-state index in [0.717, 1.165) is 29.3 Å². The first kappa shape index (κ1) is 27.3. The number of hydrogen-bond donors (Lipinski definition) is 2. The fraction of sp³-hybridized carbons (Fsp3) is 0.586. The van der Waals surface area contributed by atoms with Crippen molar-refractivity contribution >= 4 is 34.0 Å². The lowest BCUT2D eigenvalue weighted by molar-refractivity contribution is -0.119. The fourth-order valence-corrected chi connectivity index (χ4v) is 4.57. The molecule has 1 amide bonds. The molecule has 33 heavy (non-hydrogen) atoms. The van der Waals surface area contributed by atoms with Crippen LogP contribution in [0.15, 0.2) is 42.5 Å². The van der Waals surface area contributed by atoms with Crippen molar-refractivity contribution < 1.29 is 4.79 Å². The molecule has 2 N–H and O–H groups in total. The van der Waals surface area contributed by atoms with Crippen LogP contribution in [0.25, 0.3) is 10.8 Å². The van der Waals surface area contributed by atoms with E-state index in [-0.39, 0.29) is 5.91 Å². The maximum absolute atomic E-state index is 12.4. The number of thiocarbonyl (C=S) groups is 1. The van der Waals surface area contributed by atoms with Crippen molar-refractivity contribution in [1.82, 2.24) is 10.6 Å². The number of rotatable bonds is 17. The highest BCUT2D eigenvalue weighted by atomic mass is 32.1. The van der Waals surface area contributed by atoms with Gasteiger partial charge in [0, 0.05) is 6.54 Å². The van der Waals surface area contributed by atoms with E-state index in [1.165, 1.54) is 83.5 Å². The Hall–Kier alpha value is -1.94. The summed E-state index contributed by atoms with van der Waals surface area (Å²) >= 11 is 5.30. The van der Waals surface area contributed by atoms with Crippen LogP contribution in [0.4, 0.5) is 0 Å². The first-order valence-corrected chi connectivity index (χ1v) is 13.7. The van der Waals surface area contributed by atoms with Gasteiger partial charge < -0.3 is 10.6 Å². The molecule has 0 radical (unpaired) electrons.